The number of hydrogen-bond donors (Lipinski definition) is 3. The maximum atomic E-state index is 13.2. The van der Waals surface area contributed by atoms with Crippen molar-refractivity contribution >= 4 is 34.1 Å². The van der Waals surface area contributed by atoms with Crippen molar-refractivity contribution in [2.75, 3.05) is 5.32 Å². The predicted molar refractivity (Wildman–Crippen MR) is 117 cm³/mol. The van der Waals surface area contributed by atoms with Gasteiger partial charge in [-0.1, -0.05) is 24.0 Å². The van der Waals surface area contributed by atoms with Gasteiger partial charge in [0.1, 0.15) is 5.00 Å². The number of carbonyl (C=O) groups excluding carboxylic acids is 2. The number of fused-ring (bicyclic) bond motifs is 1. The van der Waals surface area contributed by atoms with Crippen molar-refractivity contribution in [3.05, 3.63) is 27.2 Å². The minimum atomic E-state index is -0.935. The number of nitrogens with one attached hydrogen (secondary N) is 2. The molecule has 1 saturated carbocycles. The van der Waals surface area contributed by atoms with Crippen LogP contribution in [0.2, 0.25) is 0 Å². The average Bonchev–Trinajstić information content (AvgIpc) is 3.41. The zero-order chi connectivity index (χ0) is 21.4. The molecule has 0 aromatic carbocycles. The van der Waals surface area contributed by atoms with Crippen LogP contribution in [0.3, 0.4) is 0 Å². The monoisotopic (exact) mass is 430 g/mol. The molecule has 30 heavy (non-hydrogen) atoms. The fourth-order valence-electron chi connectivity index (χ4n) is 5.09. The highest BCUT2D eigenvalue weighted by Gasteiger charge is 2.38. The van der Waals surface area contributed by atoms with E-state index in [4.69, 9.17) is 0 Å². The van der Waals surface area contributed by atoms with Crippen molar-refractivity contribution in [2.45, 2.75) is 77.7 Å². The summed E-state index contributed by atoms with van der Waals surface area (Å²) >= 11 is 1.49. The van der Waals surface area contributed by atoms with E-state index >= 15 is 0 Å². The quantitative estimate of drug-likeness (QED) is 0.607. The minimum Gasteiger partial charge on any atom is -0.481 e. The fraction of sp³-hybridized carbons (Fsp3) is 0.609. The van der Waals surface area contributed by atoms with E-state index in [1.807, 2.05) is 13.8 Å². The molecule has 1 fully saturated rings. The van der Waals surface area contributed by atoms with Gasteiger partial charge < -0.3 is 15.7 Å². The first-order chi connectivity index (χ1) is 14.3. The van der Waals surface area contributed by atoms with Crippen LogP contribution in [0, 0.1) is 11.8 Å². The SMILES string of the molecule is CC1=C(C)C[C@H](C(=O)Nc2sc3c(c2C(=O)NC2CCCC2)CCC3)[C@@H](C(=O)O)C1. The van der Waals surface area contributed by atoms with Gasteiger partial charge in [0.25, 0.3) is 5.91 Å². The summed E-state index contributed by atoms with van der Waals surface area (Å²) in [5.74, 6) is -2.66. The summed E-state index contributed by atoms with van der Waals surface area (Å²) in [5.41, 5.74) is 3.81. The van der Waals surface area contributed by atoms with E-state index < -0.39 is 17.8 Å². The molecule has 3 N–H and O–H groups in total. The van der Waals surface area contributed by atoms with E-state index in [1.54, 1.807) is 0 Å². The van der Waals surface area contributed by atoms with Gasteiger partial charge in [0, 0.05) is 10.9 Å². The fourth-order valence-corrected chi connectivity index (χ4v) is 6.38. The van der Waals surface area contributed by atoms with Crippen molar-refractivity contribution < 1.29 is 19.5 Å². The van der Waals surface area contributed by atoms with Crippen molar-refractivity contribution in [3.8, 4) is 0 Å². The van der Waals surface area contributed by atoms with Gasteiger partial charge in [-0.2, -0.15) is 0 Å². The number of aryl methyl sites for hydroxylation is 1. The lowest BCUT2D eigenvalue weighted by Gasteiger charge is -2.29. The normalized spacial score (nSPS) is 24.1. The highest BCUT2D eigenvalue weighted by molar-refractivity contribution is 7.17. The van der Waals surface area contributed by atoms with E-state index in [1.165, 1.54) is 16.2 Å². The Balaban J connectivity index is 1.57. The number of hydrogen-bond acceptors (Lipinski definition) is 4. The van der Waals surface area contributed by atoms with Gasteiger partial charge in [0.15, 0.2) is 0 Å². The molecule has 6 nitrogen and oxygen atoms in total. The van der Waals surface area contributed by atoms with Crippen LogP contribution in [0.5, 0.6) is 0 Å². The number of rotatable bonds is 5. The summed E-state index contributed by atoms with van der Waals surface area (Å²) in [6.45, 7) is 3.91. The van der Waals surface area contributed by atoms with Gasteiger partial charge >= 0.3 is 5.97 Å². The van der Waals surface area contributed by atoms with Crippen molar-refractivity contribution in [3.63, 3.8) is 0 Å². The van der Waals surface area contributed by atoms with Crippen LogP contribution < -0.4 is 10.6 Å². The topological polar surface area (TPSA) is 95.5 Å². The first-order valence-electron chi connectivity index (χ1n) is 11.0. The molecule has 1 heterocycles. The molecule has 2 atom stereocenters. The molecule has 0 aliphatic heterocycles. The van der Waals surface area contributed by atoms with Gasteiger partial charge in [-0.05, 0) is 64.4 Å². The van der Waals surface area contributed by atoms with Gasteiger partial charge in [-0.3, -0.25) is 14.4 Å². The lowest BCUT2D eigenvalue weighted by Crippen LogP contribution is -2.37. The van der Waals surface area contributed by atoms with Gasteiger partial charge in [0.2, 0.25) is 5.91 Å². The second-order valence-electron chi connectivity index (χ2n) is 9.03. The Morgan fingerprint density at radius 3 is 2.30 bits per heavy atom. The number of anilines is 1. The zero-order valence-electron chi connectivity index (χ0n) is 17.7. The van der Waals surface area contributed by atoms with Gasteiger partial charge in [0.05, 0.1) is 17.4 Å². The highest BCUT2D eigenvalue weighted by atomic mass is 32.1. The molecule has 0 saturated heterocycles. The second kappa shape index (κ2) is 8.53. The van der Waals surface area contributed by atoms with Crippen LogP contribution in [0.4, 0.5) is 5.00 Å². The summed E-state index contributed by atoms with van der Waals surface area (Å²) < 4.78 is 0. The smallest absolute Gasteiger partial charge is 0.307 e. The van der Waals surface area contributed by atoms with E-state index in [9.17, 15) is 19.5 Å². The van der Waals surface area contributed by atoms with E-state index in [0.29, 0.717) is 23.4 Å². The van der Waals surface area contributed by atoms with Crippen molar-refractivity contribution in [1.82, 2.24) is 5.32 Å². The third-order valence-electron chi connectivity index (χ3n) is 7.00. The molecule has 3 aliphatic rings. The number of amides is 2. The maximum absolute atomic E-state index is 13.2. The van der Waals surface area contributed by atoms with E-state index in [2.05, 4.69) is 10.6 Å². The lowest BCUT2D eigenvalue weighted by molar-refractivity contribution is -0.146. The molecule has 0 unspecified atom stereocenters. The Labute approximate surface area is 181 Å². The van der Waals surface area contributed by atoms with Gasteiger partial charge in [-0.25, -0.2) is 0 Å². The van der Waals surface area contributed by atoms with Crippen LogP contribution in [0.15, 0.2) is 11.1 Å². The number of carboxylic acids is 1. The Morgan fingerprint density at radius 2 is 1.63 bits per heavy atom. The third kappa shape index (κ3) is 4.04. The number of allylic oxidation sites excluding steroid dienone is 2. The molecule has 7 heteroatoms. The summed E-state index contributed by atoms with van der Waals surface area (Å²) in [4.78, 5) is 39.2. The molecule has 1 aromatic heterocycles. The zero-order valence-corrected chi connectivity index (χ0v) is 18.5. The predicted octanol–water partition coefficient (Wildman–Crippen LogP) is 4.29. The standard InChI is InChI=1S/C23H30N2O4S/c1-12-10-16(17(23(28)29)11-13(12)2)20(26)25-22-19(15-8-5-9-18(15)30-22)21(27)24-14-6-3-4-7-14/h14,16-17H,3-11H2,1-2H3,(H,24,27)(H,25,26)(H,28,29)/t16-,17-/m0/s1. The molecule has 0 spiro atoms. The Morgan fingerprint density at radius 1 is 0.967 bits per heavy atom. The van der Waals surface area contributed by atoms with Crippen LogP contribution in [-0.4, -0.2) is 28.9 Å². The number of aliphatic carboxylic acids is 1. The molecule has 4 rings (SSSR count). The number of carbonyl (C=O) groups is 3. The van der Waals surface area contributed by atoms with Crippen LogP contribution >= 0.6 is 11.3 Å². The molecule has 3 aliphatic carbocycles. The summed E-state index contributed by atoms with van der Waals surface area (Å²) in [6, 6.07) is 0.212. The summed E-state index contributed by atoms with van der Waals surface area (Å²) in [6.07, 6.45) is 7.96. The lowest BCUT2D eigenvalue weighted by atomic mass is 9.76. The van der Waals surface area contributed by atoms with Crippen molar-refractivity contribution in [1.29, 1.82) is 0 Å². The molecule has 2 amide bonds. The highest BCUT2D eigenvalue weighted by Crippen LogP contribution is 2.41. The Bertz CT molecular complexity index is 911. The van der Waals surface area contributed by atoms with Crippen LogP contribution in [0.1, 0.15) is 79.6 Å². The molecule has 0 radical (unpaired) electrons. The molecule has 162 valence electrons. The molecule has 1 aromatic rings. The number of carboxylic acid groups (broad SMARTS) is 1. The minimum absolute atomic E-state index is 0.0954. The molecular formula is C23H30N2O4S. The van der Waals surface area contributed by atoms with Crippen LogP contribution in [-0.2, 0) is 22.4 Å². The second-order valence-corrected chi connectivity index (χ2v) is 10.1. The first kappa shape index (κ1) is 21.1. The molecular weight excluding hydrogens is 400 g/mol. The van der Waals surface area contributed by atoms with Gasteiger partial charge in [-0.15, -0.1) is 11.3 Å². The van der Waals surface area contributed by atoms with E-state index in [0.717, 1.165) is 61.7 Å². The largest absolute Gasteiger partial charge is 0.481 e. The Hall–Kier alpha value is -2.15. The summed E-state index contributed by atoms with van der Waals surface area (Å²) in [7, 11) is 0. The first-order valence-corrected chi connectivity index (χ1v) is 11.8. The van der Waals surface area contributed by atoms with Crippen LogP contribution in [0.25, 0.3) is 0 Å². The van der Waals surface area contributed by atoms with Crippen molar-refractivity contribution in [2.24, 2.45) is 11.8 Å². The Kier molecular flexibility index (Phi) is 6.00. The maximum Gasteiger partial charge on any atom is 0.307 e. The molecule has 0 bridgehead atoms. The third-order valence-corrected chi connectivity index (χ3v) is 8.20. The summed E-state index contributed by atoms with van der Waals surface area (Å²) in [5, 5.41) is 16.4. The number of thiophene rings is 1. The average molecular weight is 431 g/mol. The van der Waals surface area contributed by atoms with E-state index in [-0.39, 0.29) is 17.9 Å².